The van der Waals surface area contributed by atoms with E-state index in [1.54, 1.807) is 0 Å². The lowest BCUT2D eigenvalue weighted by molar-refractivity contribution is -0.0574. The van der Waals surface area contributed by atoms with Gasteiger partial charge in [-0.15, -0.1) is 0 Å². The molecule has 2 atom stereocenters. The van der Waals surface area contributed by atoms with Crippen LogP contribution in [0.1, 0.15) is 13.8 Å². The Kier molecular flexibility index (Phi) is 7.20. The summed E-state index contributed by atoms with van der Waals surface area (Å²) in [6.45, 7) is 9.59. The van der Waals surface area contributed by atoms with Crippen LogP contribution in [-0.4, -0.2) is 102 Å². The molecule has 0 bridgehead atoms. The second kappa shape index (κ2) is 8.14. The molecule has 6 nitrogen and oxygen atoms in total. The van der Waals surface area contributed by atoms with Gasteiger partial charge >= 0.3 is 0 Å². The van der Waals surface area contributed by atoms with Crippen LogP contribution in [-0.2, 0) is 0 Å². The number of aliphatic hydroxyl groups excluding tert-OH is 2. The lowest BCUT2D eigenvalue weighted by Crippen LogP contribution is -2.58. The van der Waals surface area contributed by atoms with Gasteiger partial charge in [-0.1, -0.05) is 0 Å². The number of β-amino-alcohol motifs (C(OH)–C–C–N with tert-alkyl or cyclic N) is 2. The van der Waals surface area contributed by atoms with Crippen molar-refractivity contribution in [2.45, 2.75) is 26.1 Å². The van der Waals surface area contributed by atoms with Crippen molar-refractivity contribution >= 4 is 0 Å². The Morgan fingerprint density at radius 2 is 1.32 bits per heavy atom. The number of rotatable bonds is 7. The summed E-state index contributed by atoms with van der Waals surface area (Å²) in [5, 5.41) is 19.1. The lowest BCUT2D eigenvalue weighted by Gasteiger charge is -2.43. The topological polar surface area (TPSA) is 53.4 Å². The molecule has 6 heteroatoms. The van der Waals surface area contributed by atoms with Crippen LogP contribution >= 0.6 is 0 Å². The minimum absolute atomic E-state index is 0.317. The Morgan fingerprint density at radius 1 is 0.895 bits per heavy atom. The molecule has 19 heavy (non-hydrogen) atoms. The average molecular weight is 274 g/mol. The first-order valence-electron chi connectivity index (χ1n) is 7.04. The van der Waals surface area contributed by atoms with Gasteiger partial charge in [-0.05, 0) is 27.9 Å². The van der Waals surface area contributed by atoms with Crippen LogP contribution in [0.3, 0.4) is 0 Å². The molecule has 1 rings (SSSR count). The summed E-state index contributed by atoms with van der Waals surface area (Å²) in [5.74, 6) is 0. The molecule has 1 fully saturated rings. The standard InChI is InChI=1S/C13H30N4O2/c1-12(18)7-16-9-15(6-5-14(3)4)10-17(11-16)8-13(2)19/h12-13,18-19H,5-11H2,1-4H3. The number of nitrogens with zero attached hydrogens (tertiary/aromatic N) is 4. The smallest absolute Gasteiger partial charge is 0.0640 e. The van der Waals surface area contributed by atoms with Crippen LogP contribution in [0.2, 0.25) is 0 Å². The highest BCUT2D eigenvalue weighted by atomic mass is 16.3. The van der Waals surface area contributed by atoms with E-state index in [4.69, 9.17) is 0 Å². The second-order valence-electron chi connectivity index (χ2n) is 6.03. The van der Waals surface area contributed by atoms with Gasteiger partial charge in [0.25, 0.3) is 0 Å². The molecule has 2 N–H and O–H groups in total. The summed E-state index contributed by atoms with van der Waals surface area (Å²) in [6.07, 6.45) is -0.635. The molecule has 0 saturated carbocycles. The average Bonchev–Trinajstić information content (AvgIpc) is 2.24. The van der Waals surface area contributed by atoms with Gasteiger partial charge in [-0.2, -0.15) is 0 Å². The molecule has 1 heterocycles. The zero-order valence-electron chi connectivity index (χ0n) is 12.8. The molecule has 1 saturated heterocycles. The van der Waals surface area contributed by atoms with Gasteiger partial charge in [-0.3, -0.25) is 14.7 Å². The fourth-order valence-electron chi connectivity index (χ4n) is 2.44. The van der Waals surface area contributed by atoms with Gasteiger partial charge in [0.2, 0.25) is 0 Å². The molecule has 2 unspecified atom stereocenters. The van der Waals surface area contributed by atoms with Gasteiger partial charge in [0.05, 0.1) is 32.2 Å². The van der Waals surface area contributed by atoms with E-state index in [2.05, 4.69) is 33.7 Å². The van der Waals surface area contributed by atoms with E-state index in [1.807, 2.05) is 13.8 Å². The summed E-state index contributed by atoms with van der Waals surface area (Å²) in [4.78, 5) is 8.99. The molecule has 1 aliphatic rings. The molecular formula is C13H30N4O2. The highest BCUT2D eigenvalue weighted by Gasteiger charge is 2.24. The third kappa shape index (κ3) is 7.20. The predicted octanol–water partition coefficient (Wildman–Crippen LogP) is -0.898. The number of hydrogen-bond acceptors (Lipinski definition) is 6. The van der Waals surface area contributed by atoms with Gasteiger partial charge in [-0.25, -0.2) is 0 Å². The number of hydrogen-bond donors (Lipinski definition) is 2. The van der Waals surface area contributed by atoms with Gasteiger partial charge in [0.15, 0.2) is 0 Å². The van der Waals surface area contributed by atoms with Crippen molar-refractivity contribution in [1.82, 2.24) is 19.6 Å². The summed E-state index contributed by atoms with van der Waals surface area (Å²) >= 11 is 0. The lowest BCUT2D eigenvalue weighted by atomic mass is 10.3. The van der Waals surface area contributed by atoms with E-state index in [0.29, 0.717) is 13.1 Å². The third-order valence-electron chi connectivity index (χ3n) is 3.11. The highest BCUT2D eigenvalue weighted by Crippen LogP contribution is 2.09. The molecule has 114 valence electrons. The van der Waals surface area contributed by atoms with Crippen molar-refractivity contribution < 1.29 is 10.2 Å². The SMILES string of the molecule is CC(O)CN1CN(CCN(C)C)CN(CC(C)O)C1. The Hall–Kier alpha value is -0.240. The minimum atomic E-state index is -0.317. The highest BCUT2D eigenvalue weighted by molar-refractivity contribution is 4.72. The Balaban J connectivity index is 2.50. The van der Waals surface area contributed by atoms with Gasteiger partial charge in [0.1, 0.15) is 0 Å². The van der Waals surface area contributed by atoms with E-state index in [1.165, 1.54) is 0 Å². The van der Waals surface area contributed by atoms with Crippen molar-refractivity contribution in [2.24, 2.45) is 0 Å². The van der Waals surface area contributed by atoms with Gasteiger partial charge < -0.3 is 15.1 Å². The Bertz CT molecular complexity index is 231. The molecule has 0 aromatic carbocycles. The summed E-state index contributed by atoms with van der Waals surface area (Å²) < 4.78 is 0. The van der Waals surface area contributed by atoms with Crippen LogP contribution in [0, 0.1) is 0 Å². The number of aliphatic hydroxyl groups is 2. The van der Waals surface area contributed by atoms with Crippen LogP contribution in [0.15, 0.2) is 0 Å². The third-order valence-corrected chi connectivity index (χ3v) is 3.11. The maximum absolute atomic E-state index is 9.54. The first-order chi connectivity index (χ1) is 8.86. The molecular weight excluding hydrogens is 244 g/mol. The minimum Gasteiger partial charge on any atom is -0.392 e. The van der Waals surface area contributed by atoms with E-state index >= 15 is 0 Å². The molecule has 0 radical (unpaired) electrons. The van der Waals surface area contributed by atoms with Crippen LogP contribution in [0.4, 0.5) is 0 Å². The predicted molar refractivity (Wildman–Crippen MR) is 76.6 cm³/mol. The quantitative estimate of drug-likeness (QED) is 0.628. The molecule has 0 spiro atoms. The first kappa shape index (κ1) is 16.8. The first-order valence-corrected chi connectivity index (χ1v) is 7.04. The van der Waals surface area contributed by atoms with Crippen molar-refractivity contribution in [3.63, 3.8) is 0 Å². The summed E-state index contributed by atoms with van der Waals surface area (Å²) in [5.41, 5.74) is 0. The van der Waals surface area contributed by atoms with Crippen molar-refractivity contribution in [2.75, 3.05) is 60.3 Å². The van der Waals surface area contributed by atoms with E-state index in [0.717, 1.165) is 33.1 Å². The normalized spacial score (nSPS) is 22.9. The van der Waals surface area contributed by atoms with Crippen LogP contribution in [0.25, 0.3) is 0 Å². The van der Waals surface area contributed by atoms with Crippen molar-refractivity contribution in [3.8, 4) is 0 Å². The summed E-state index contributed by atoms with van der Waals surface area (Å²) in [6, 6.07) is 0. The molecule has 1 aliphatic heterocycles. The molecule has 0 aromatic heterocycles. The number of likely N-dealkylation sites (N-methyl/N-ethyl adjacent to an activating group) is 1. The van der Waals surface area contributed by atoms with Crippen molar-refractivity contribution in [3.05, 3.63) is 0 Å². The van der Waals surface area contributed by atoms with Crippen LogP contribution in [0.5, 0.6) is 0 Å². The zero-order valence-corrected chi connectivity index (χ0v) is 12.8. The van der Waals surface area contributed by atoms with E-state index in [9.17, 15) is 10.2 Å². The maximum Gasteiger partial charge on any atom is 0.0640 e. The van der Waals surface area contributed by atoms with Crippen molar-refractivity contribution in [1.29, 1.82) is 0 Å². The zero-order chi connectivity index (χ0) is 14.4. The maximum atomic E-state index is 9.54. The monoisotopic (exact) mass is 274 g/mol. The molecule has 0 amide bonds. The van der Waals surface area contributed by atoms with E-state index < -0.39 is 0 Å². The van der Waals surface area contributed by atoms with E-state index in [-0.39, 0.29) is 12.2 Å². The molecule has 0 aromatic rings. The second-order valence-corrected chi connectivity index (χ2v) is 6.03. The van der Waals surface area contributed by atoms with Gasteiger partial charge in [0, 0.05) is 26.2 Å². The Labute approximate surface area is 117 Å². The van der Waals surface area contributed by atoms with Crippen LogP contribution < -0.4 is 0 Å². The largest absolute Gasteiger partial charge is 0.392 e. The Morgan fingerprint density at radius 3 is 1.68 bits per heavy atom. The molecule has 0 aliphatic carbocycles. The fraction of sp³-hybridized carbons (Fsp3) is 1.00. The summed E-state index contributed by atoms with van der Waals surface area (Å²) in [7, 11) is 4.15. The fourth-order valence-corrected chi connectivity index (χ4v) is 2.44.